The van der Waals surface area contributed by atoms with Crippen LogP contribution in [0.3, 0.4) is 0 Å². The summed E-state index contributed by atoms with van der Waals surface area (Å²) in [7, 11) is -3.94. The van der Waals surface area contributed by atoms with E-state index in [1.165, 1.54) is 0 Å². The molecule has 0 radical (unpaired) electrons. The van der Waals surface area contributed by atoms with Crippen LogP contribution >= 0.6 is 0 Å². The maximum absolute atomic E-state index is 9.79. The minimum Gasteiger partial charge on any atom is -1.00 e. The molecule has 5 nitrogen and oxygen atoms in total. The molecule has 0 rings (SSSR count). The van der Waals surface area contributed by atoms with Gasteiger partial charge < -0.3 is 2.85 Å². The summed E-state index contributed by atoms with van der Waals surface area (Å²) in [6.45, 7) is 0. The molecule has 0 spiro atoms. The van der Waals surface area contributed by atoms with E-state index < -0.39 is 20.4 Å². The predicted octanol–water partition coefficient (Wildman–Crippen LogP) is -6.49. The summed E-state index contributed by atoms with van der Waals surface area (Å²) in [5, 5.41) is 0. The summed E-state index contributed by atoms with van der Waals surface area (Å²) in [4.78, 5) is 0. The molecule has 0 fully saturated rings. The third-order valence-electron chi connectivity index (χ3n) is 0.144. The topological polar surface area (TPSA) is 83.8 Å². The van der Waals surface area contributed by atoms with E-state index in [9.17, 15) is 8.42 Å². The van der Waals surface area contributed by atoms with Gasteiger partial charge in [0.2, 0.25) is 0 Å². The minimum atomic E-state index is -3.94. The molecule has 0 amide bonds. The number of hydrogen-bond acceptors (Lipinski definition) is 4. The normalized spacial score (nSPS) is 17.4. The second kappa shape index (κ2) is 8.02. The van der Waals surface area contributed by atoms with Gasteiger partial charge in [0.05, 0.1) is 0 Å². The van der Waals surface area contributed by atoms with E-state index in [4.69, 9.17) is 9.11 Å². The van der Waals surface area contributed by atoms with Crippen molar-refractivity contribution in [3.8, 4) is 0 Å². The number of rotatable bonds is 2. The van der Waals surface area contributed by atoms with Crippen molar-refractivity contribution >= 4 is 31.6 Å². The van der Waals surface area contributed by atoms with Gasteiger partial charge in [0.15, 0.2) is 0 Å². The Morgan fingerprint density at radius 1 is 1.60 bits per heavy atom. The second-order valence-electron chi connectivity index (χ2n) is 0.713. The van der Waals surface area contributed by atoms with Gasteiger partial charge in [-0.3, -0.25) is 9.11 Å². The molecular formula is H4Na2O5S3. The van der Waals surface area contributed by atoms with Crippen LogP contribution in [0.5, 0.6) is 0 Å². The average molecular weight is 226 g/mol. The largest absolute Gasteiger partial charge is 1.00 e. The summed E-state index contributed by atoms with van der Waals surface area (Å²) < 4.78 is 38.3. The zero-order chi connectivity index (χ0) is 6.78. The van der Waals surface area contributed by atoms with Crippen LogP contribution in [-0.2, 0) is 35.2 Å². The molecule has 0 aromatic rings. The second-order valence-corrected chi connectivity index (χ2v) is 3.81. The zero-order valence-corrected chi connectivity index (χ0v) is 11.8. The molecular weight excluding hydrogens is 222 g/mol. The maximum Gasteiger partial charge on any atom is 1.00 e. The molecule has 0 saturated carbocycles. The molecule has 0 aliphatic carbocycles. The van der Waals surface area contributed by atoms with Crippen molar-refractivity contribution in [2.24, 2.45) is 0 Å². The Kier molecular flexibility index (Phi) is 14.6. The third-order valence-corrected chi connectivity index (χ3v) is 1.80. The van der Waals surface area contributed by atoms with Crippen molar-refractivity contribution in [3.63, 3.8) is 0 Å². The van der Waals surface area contributed by atoms with Crippen molar-refractivity contribution in [1.82, 2.24) is 0 Å². The van der Waals surface area contributed by atoms with Crippen LogP contribution in [-0.4, -0.2) is 17.5 Å². The summed E-state index contributed by atoms with van der Waals surface area (Å²) in [6, 6.07) is 0. The van der Waals surface area contributed by atoms with Gasteiger partial charge in [-0.25, -0.2) is 0 Å². The van der Waals surface area contributed by atoms with E-state index in [1.807, 2.05) is 0 Å². The Morgan fingerprint density at radius 3 is 1.90 bits per heavy atom. The summed E-state index contributed by atoms with van der Waals surface area (Å²) >= 11 is 0.905. The Morgan fingerprint density at radius 2 is 1.90 bits per heavy atom. The monoisotopic (exact) mass is 226 g/mol. The molecule has 2 N–H and O–H groups in total. The van der Waals surface area contributed by atoms with Gasteiger partial charge in [0.25, 0.3) is 9.05 Å². The van der Waals surface area contributed by atoms with Crippen LogP contribution in [0, 0.1) is 0 Å². The molecule has 2 atom stereocenters. The molecule has 2 unspecified atom stereocenters. The number of hydrogen-bond donors (Lipinski definition) is 2. The predicted molar refractivity (Wildman–Crippen MR) is 32.2 cm³/mol. The first-order valence-electron chi connectivity index (χ1n) is 1.20. The minimum absolute atomic E-state index is 0. The van der Waals surface area contributed by atoms with E-state index in [0.717, 1.165) is 0 Å². The van der Waals surface area contributed by atoms with Crippen LogP contribution in [0.4, 0.5) is 0 Å². The van der Waals surface area contributed by atoms with Gasteiger partial charge in [-0.05, 0) is 0 Å². The van der Waals surface area contributed by atoms with E-state index in [-0.39, 0.29) is 62.0 Å². The van der Waals surface area contributed by atoms with Crippen LogP contribution in [0.1, 0.15) is 2.85 Å². The van der Waals surface area contributed by atoms with Gasteiger partial charge in [0, 0.05) is 11.2 Å². The Labute approximate surface area is 113 Å². The standard InChI is InChI=1S/2Na.H2O5S3.2H/c;;1-7(2)5-8(3,4)6;;/h;;(H,1,2)(H,3,4,6);;/q2*+1;;2*-1. The fourth-order valence-electron chi connectivity index (χ4n) is 0.0736. The molecule has 0 aliphatic rings. The third kappa shape index (κ3) is 16.8. The zero-order valence-electron chi connectivity index (χ0n) is 7.34. The van der Waals surface area contributed by atoms with Crippen LogP contribution in [0.25, 0.3) is 0 Å². The Balaban J connectivity index is -0.0000000408. The van der Waals surface area contributed by atoms with Gasteiger partial charge in [-0.1, -0.05) is 0 Å². The van der Waals surface area contributed by atoms with Crippen molar-refractivity contribution < 1.29 is 83.1 Å². The van der Waals surface area contributed by atoms with Crippen LogP contribution in [0.2, 0.25) is 0 Å². The van der Waals surface area contributed by atoms with E-state index in [1.54, 1.807) is 0 Å². The SMILES string of the molecule is O=S(O)OS(=O)(O)=S.[H-].[H-].[Na+].[Na+]. The van der Waals surface area contributed by atoms with Crippen molar-refractivity contribution in [3.05, 3.63) is 0 Å². The van der Waals surface area contributed by atoms with Gasteiger partial charge in [-0.15, -0.1) is 3.63 Å². The molecule has 0 aromatic heterocycles. The van der Waals surface area contributed by atoms with Crippen molar-refractivity contribution in [2.75, 3.05) is 0 Å². The molecule has 0 bridgehead atoms. The fraction of sp³-hybridized carbons (Fsp3) is 0. The van der Waals surface area contributed by atoms with Crippen LogP contribution < -0.4 is 59.1 Å². The average Bonchev–Trinajstić information content (AvgIpc) is 1.21. The molecule has 10 heavy (non-hydrogen) atoms. The maximum atomic E-state index is 9.79. The van der Waals surface area contributed by atoms with Crippen molar-refractivity contribution in [1.29, 1.82) is 0 Å². The summed E-state index contributed by atoms with van der Waals surface area (Å²) in [6.07, 6.45) is 0. The molecule has 0 saturated heterocycles. The molecule has 54 valence electrons. The van der Waals surface area contributed by atoms with Gasteiger partial charge >= 0.3 is 70.5 Å². The van der Waals surface area contributed by atoms with Gasteiger partial charge in [0.1, 0.15) is 0 Å². The first-order chi connectivity index (χ1) is 3.42. The molecule has 0 heterocycles. The first kappa shape index (κ1) is 18.2. The fourth-order valence-corrected chi connectivity index (χ4v) is 1.09. The van der Waals surface area contributed by atoms with Crippen LogP contribution in [0.15, 0.2) is 0 Å². The van der Waals surface area contributed by atoms with Gasteiger partial charge in [-0.2, -0.15) is 8.42 Å². The Bertz CT molecular complexity index is 189. The molecule has 0 aliphatic heterocycles. The summed E-state index contributed by atoms with van der Waals surface area (Å²) in [5.74, 6) is 0. The summed E-state index contributed by atoms with van der Waals surface area (Å²) in [5.41, 5.74) is 0. The molecule has 0 aromatic carbocycles. The van der Waals surface area contributed by atoms with Crippen molar-refractivity contribution in [2.45, 2.75) is 0 Å². The van der Waals surface area contributed by atoms with E-state index >= 15 is 0 Å². The first-order valence-corrected chi connectivity index (χ1v) is 4.60. The quantitative estimate of drug-likeness (QED) is 0.360. The van der Waals surface area contributed by atoms with E-state index in [0.29, 0.717) is 0 Å². The Hall–Kier alpha value is 2.40. The molecule has 10 heteroatoms. The van der Waals surface area contributed by atoms with E-state index in [2.05, 4.69) is 14.8 Å². The smallest absolute Gasteiger partial charge is 1.00 e.